The van der Waals surface area contributed by atoms with Gasteiger partial charge >= 0.3 is 0 Å². The van der Waals surface area contributed by atoms with Crippen LogP contribution in [-0.4, -0.2) is 19.7 Å². The Balaban J connectivity index is 2.05. The second-order valence-electron chi connectivity index (χ2n) is 4.77. The van der Waals surface area contributed by atoms with E-state index in [2.05, 4.69) is 18.2 Å². The SMILES string of the molecule is NCCc1ccc(OCC2CC2)c(CCN)c1. The Morgan fingerprint density at radius 3 is 2.53 bits per heavy atom. The average molecular weight is 234 g/mol. The van der Waals surface area contributed by atoms with Crippen molar-refractivity contribution in [2.45, 2.75) is 25.7 Å². The van der Waals surface area contributed by atoms with E-state index < -0.39 is 0 Å². The maximum Gasteiger partial charge on any atom is 0.122 e. The molecule has 17 heavy (non-hydrogen) atoms. The van der Waals surface area contributed by atoms with Crippen molar-refractivity contribution >= 4 is 0 Å². The molecule has 3 heteroatoms. The third kappa shape index (κ3) is 3.72. The normalized spacial score (nSPS) is 14.9. The first-order chi connectivity index (χ1) is 8.33. The van der Waals surface area contributed by atoms with Crippen molar-refractivity contribution in [3.05, 3.63) is 29.3 Å². The Morgan fingerprint density at radius 1 is 1.12 bits per heavy atom. The number of rotatable bonds is 7. The minimum absolute atomic E-state index is 0.659. The smallest absolute Gasteiger partial charge is 0.122 e. The van der Waals surface area contributed by atoms with Crippen molar-refractivity contribution in [3.8, 4) is 5.75 Å². The lowest BCUT2D eigenvalue weighted by molar-refractivity contribution is 0.297. The molecule has 4 N–H and O–H groups in total. The second-order valence-corrected chi connectivity index (χ2v) is 4.77. The maximum absolute atomic E-state index is 5.86. The van der Waals surface area contributed by atoms with Crippen molar-refractivity contribution < 1.29 is 4.74 Å². The summed E-state index contributed by atoms with van der Waals surface area (Å²) >= 11 is 0. The van der Waals surface area contributed by atoms with Gasteiger partial charge in [-0.15, -0.1) is 0 Å². The first-order valence-electron chi connectivity index (χ1n) is 6.48. The van der Waals surface area contributed by atoms with Crippen molar-refractivity contribution in [1.82, 2.24) is 0 Å². The molecule has 0 radical (unpaired) electrons. The van der Waals surface area contributed by atoms with Crippen LogP contribution in [0.2, 0.25) is 0 Å². The van der Waals surface area contributed by atoms with E-state index in [1.807, 2.05) is 0 Å². The zero-order chi connectivity index (χ0) is 12.1. The highest BCUT2D eigenvalue weighted by atomic mass is 16.5. The summed E-state index contributed by atoms with van der Waals surface area (Å²) in [5, 5.41) is 0. The number of benzene rings is 1. The van der Waals surface area contributed by atoms with Crippen LogP contribution in [0.4, 0.5) is 0 Å². The van der Waals surface area contributed by atoms with E-state index in [9.17, 15) is 0 Å². The predicted molar refractivity (Wildman–Crippen MR) is 70.2 cm³/mol. The molecular formula is C14H22N2O. The molecule has 1 aromatic carbocycles. The molecule has 3 nitrogen and oxygen atoms in total. The average Bonchev–Trinajstić information content (AvgIpc) is 3.13. The second kappa shape index (κ2) is 6.03. The molecule has 0 atom stereocenters. The molecule has 0 aliphatic heterocycles. The first-order valence-corrected chi connectivity index (χ1v) is 6.48. The third-order valence-electron chi connectivity index (χ3n) is 3.14. The van der Waals surface area contributed by atoms with Crippen LogP contribution >= 0.6 is 0 Å². The van der Waals surface area contributed by atoms with Gasteiger partial charge in [-0.1, -0.05) is 12.1 Å². The molecule has 2 rings (SSSR count). The lowest BCUT2D eigenvalue weighted by Crippen LogP contribution is -2.08. The molecule has 0 unspecified atom stereocenters. The molecule has 94 valence electrons. The van der Waals surface area contributed by atoms with Gasteiger partial charge in [0.15, 0.2) is 0 Å². The van der Waals surface area contributed by atoms with E-state index in [-0.39, 0.29) is 0 Å². The van der Waals surface area contributed by atoms with E-state index >= 15 is 0 Å². The molecule has 1 aliphatic rings. The number of hydrogen-bond acceptors (Lipinski definition) is 3. The Hall–Kier alpha value is -1.06. The van der Waals surface area contributed by atoms with Gasteiger partial charge in [0, 0.05) is 0 Å². The molecule has 1 aromatic rings. The van der Waals surface area contributed by atoms with Gasteiger partial charge in [-0.3, -0.25) is 0 Å². The largest absolute Gasteiger partial charge is 0.493 e. The predicted octanol–water partition coefficient (Wildman–Crippen LogP) is 1.48. The number of hydrogen-bond donors (Lipinski definition) is 2. The van der Waals surface area contributed by atoms with Crippen molar-refractivity contribution in [2.24, 2.45) is 17.4 Å². The summed E-state index contributed by atoms with van der Waals surface area (Å²) in [5.41, 5.74) is 13.7. The number of ether oxygens (including phenoxy) is 1. The van der Waals surface area contributed by atoms with E-state index in [1.54, 1.807) is 0 Å². The van der Waals surface area contributed by atoms with E-state index in [0.717, 1.165) is 31.1 Å². The molecule has 1 saturated carbocycles. The molecule has 1 fully saturated rings. The van der Waals surface area contributed by atoms with Crippen LogP contribution in [0.1, 0.15) is 24.0 Å². The van der Waals surface area contributed by atoms with Crippen LogP contribution in [-0.2, 0) is 12.8 Å². The minimum atomic E-state index is 0.659. The lowest BCUT2D eigenvalue weighted by atomic mass is 10.0. The van der Waals surface area contributed by atoms with Crippen LogP contribution in [0.3, 0.4) is 0 Å². The topological polar surface area (TPSA) is 61.3 Å². The van der Waals surface area contributed by atoms with Crippen LogP contribution in [0, 0.1) is 5.92 Å². The Kier molecular flexibility index (Phi) is 4.40. The van der Waals surface area contributed by atoms with E-state index in [0.29, 0.717) is 13.1 Å². The summed E-state index contributed by atoms with van der Waals surface area (Å²) in [6.07, 6.45) is 4.42. The summed E-state index contributed by atoms with van der Waals surface area (Å²) in [7, 11) is 0. The minimum Gasteiger partial charge on any atom is -0.493 e. The first kappa shape index (κ1) is 12.4. The highest BCUT2D eigenvalue weighted by Crippen LogP contribution is 2.30. The zero-order valence-electron chi connectivity index (χ0n) is 10.3. The lowest BCUT2D eigenvalue weighted by Gasteiger charge is -2.12. The Bertz CT molecular complexity index is 361. The van der Waals surface area contributed by atoms with E-state index in [4.69, 9.17) is 16.2 Å². The van der Waals surface area contributed by atoms with Gasteiger partial charge in [0.2, 0.25) is 0 Å². The van der Waals surface area contributed by atoms with Crippen LogP contribution in [0.25, 0.3) is 0 Å². The fourth-order valence-electron chi connectivity index (χ4n) is 1.94. The molecule has 1 aliphatic carbocycles. The third-order valence-corrected chi connectivity index (χ3v) is 3.14. The van der Waals surface area contributed by atoms with Crippen LogP contribution in [0.15, 0.2) is 18.2 Å². The van der Waals surface area contributed by atoms with Gasteiger partial charge < -0.3 is 16.2 Å². The Morgan fingerprint density at radius 2 is 1.88 bits per heavy atom. The van der Waals surface area contributed by atoms with Gasteiger partial charge in [-0.25, -0.2) is 0 Å². The van der Waals surface area contributed by atoms with Gasteiger partial charge in [0.1, 0.15) is 5.75 Å². The fourth-order valence-corrected chi connectivity index (χ4v) is 1.94. The monoisotopic (exact) mass is 234 g/mol. The van der Waals surface area contributed by atoms with E-state index in [1.165, 1.54) is 24.0 Å². The molecule has 0 heterocycles. The molecule has 0 saturated heterocycles. The quantitative estimate of drug-likeness (QED) is 0.751. The van der Waals surface area contributed by atoms with Gasteiger partial charge in [0.05, 0.1) is 6.61 Å². The summed E-state index contributed by atoms with van der Waals surface area (Å²) in [6, 6.07) is 6.36. The van der Waals surface area contributed by atoms with Crippen molar-refractivity contribution in [1.29, 1.82) is 0 Å². The summed E-state index contributed by atoms with van der Waals surface area (Å²) < 4.78 is 5.86. The van der Waals surface area contributed by atoms with Crippen LogP contribution < -0.4 is 16.2 Å². The summed E-state index contributed by atoms with van der Waals surface area (Å²) in [6.45, 7) is 2.20. The summed E-state index contributed by atoms with van der Waals surface area (Å²) in [5.74, 6) is 1.78. The molecule has 0 bridgehead atoms. The van der Waals surface area contributed by atoms with Crippen molar-refractivity contribution in [2.75, 3.05) is 19.7 Å². The summed E-state index contributed by atoms with van der Waals surface area (Å²) in [4.78, 5) is 0. The zero-order valence-corrected chi connectivity index (χ0v) is 10.3. The highest BCUT2D eigenvalue weighted by Gasteiger charge is 2.22. The van der Waals surface area contributed by atoms with Gasteiger partial charge in [-0.2, -0.15) is 0 Å². The highest BCUT2D eigenvalue weighted by molar-refractivity contribution is 5.37. The number of nitrogens with two attached hydrogens (primary N) is 2. The Labute approximate surface area is 103 Å². The molecule has 0 amide bonds. The van der Waals surface area contributed by atoms with Crippen molar-refractivity contribution in [3.63, 3.8) is 0 Å². The van der Waals surface area contributed by atoms with Crippen LogP contribution in [0.5, 0.6) is 5.75 Å². The fraction of sp³-hybridized carbons (Fsp3) is 0.571. The molecular weight excluding hydrogens is 212 g/mol. The maximum atomic E-state index is 5.86. The molecule has 0 spiro atoms. The molecule has 0 aromatic heterocycles. The van der Waals surface area contributed by atoms with Gasteiger partial charge in [0.25, 0.3) is 0 Å². The van der Waals surface area contributed by atoms with Gasteiger partial charge in [-0.05, 0) is 61.9 Å². The standard InChI is InChI=1S/C14H22N2O/c15-7-5-11-3-4-14(13(9-11)6-8-16)17-10-12-1-2-12/h3-4,9,12H,1-2,5-8,10,15-16H2.